The van der Waals surface area contributed by atoms with Crippen LogP contribution in [0.25, 0.3) is 0 Å². The number of nitrogens with zero attached hydrogens (tertiary/aromatic N) is 1. The molecule has 0 aliphatic carbocycles. The number of fused-ring (bicyclic) bond motifs is 1. The van der Waals surface area contributed by atoms with Crippen molar-refractivity contribution in [2.24, 2.45) is 0 Å². The summed E-state index contributed by atoms with van der Waals surface area (Å²) < 4.78 is 8.33. The molecule has 0 saturated carbocycles. The Balaban J connectivity index is 2.16. The minimum absolute atomic E-state index is 0.0712. The maximum absolute atomic E-state index is 6.09. The molecule has 0 atom stereocenters. The zero-order valence-electron chi connectivity index (χ0n) is 15.9. The molecular formula is C22H28NO+. The molecule has 2 aromatic rings. The van der Waals surface area contributed by atoms with E-state index in [4.69, 9.17) is 4.74 Å². The van der Waals surface area contributed by atoms with Gasteiger partial charge in [-0.25, -0.2) is 0 Å². The van der Waals surface area contributed by atoms with Gasteiger partial charge in [-0.15, -0.1) is 0 Å². The molecule has 0 fully saturated rings. The van der Waals surface area contributed by atoms with E-state index in [-0.39, 0.29) is 5.41 Å². The Hall–Kier alpha value is -2.09. The third-order valence-corrected chi connectivity index (χ3v) is 4.70. The van der Waals surface area contributed by atoms with Gasteiger partial charge < -0.3 is 4.74 Å². The monoisotopic (exact) mass is 322 g/mol. The van der Waals surface area contributed by atoms with Crippen molar-refractivity contribution in [2.75, 3.05) is 6.73 Å². The second-order valence-corrected chi connectivity index (χ2v) is 8.10. The highest BCUT2D eigenvalue weighted by Gasteiger charge is 2.32. The van der Waals surface area contributed by atoms with Gasteiger partial charge in [0.2, 0.25) is 5.75 Å². The molecular weight excluding hydrogens is 294 g/mol. The zero-order valence-corrected chi connectivity index (χ0v) is 15.9. The van der Waals surface area contributed by atoms with Crippen LogP contribution in [0, 0.1) is 27.7 Å². The van der Waals surface area contributed by atoms with Crippen molar-refractivity contribution in [1.82, 2.24) is 0 Å². The number of hydrogen-bond donors (Lipinski definition) is 0. The summed E-state index contributed by atoms with van der Waals surface area (Å²) in [5.41, 5.74) is 9.03. The second-order valence-electron chi connectivity index (χ2n) is 8.10. The van der Waals surface area contributed by atoms with Gasteiger partial charge >= 0.3 is 0 Å². The highest BCUT2D eigenvalue weighted by atomic mass is 16.5. The first-order valence-corrected chi connectivity index (χ1v) is 8.64. The Morgan fingerprint density at radius 3 is 2.08 bits per heavy atom. The van der Waals surface area contributed by atoms with Crippen molar-refractivity contribution in [3.05, 3.63) is 57.6 Å². The van der Waals surface area contributed by atoms with Crippen LogP contribution in [-0.2, 0) is 5.41 Å². The average molecular weight is 322 g/mol. The number of rotatable bonds is 1. The van der Waals surface area contributed by atoms with Gasteiger partial charge in [0, 0.05) is 17.2 Å². The smallest absolute Gasteiger partial charge is 0.293 e. The first-order valence-electron chi connectivity index (χ1n) is 8.64. The molecule has 0 N–H and O–H groups in total. The molecule has 0 saturated heterocycles. The summed E-state index contributed by atoms with van der Waals surface area (Å²) in [6, 6.07) is 8.97. The van der Waals surface area contributed by atoms with Gasteiger partial charge in [0.05, 0.1) is 0 Å². The maximum atomic E-state index is 6.09. The van der Waals surface area contributed by atoms with Gasteiger partial charge in [-0.1, -0.05) is 44.5 Å². The van der Waals surface area contributed by atoms with Crippen LogP contribution in [0.15, 0.2) is 24.3 Å². The molecule has 3 rings (SSSR count). The lowest BCUT2D eigenvalue weighted by Crippen LogP contribution is -2.12. The van der Waals surface area contributed by atoms with Crippen LogP contribution < -0.4 is 4.74 Å². The van der Waals surface area contributed by atoms with Crippen molar-refractivity contribution < 1.29 is 9.31 Å². The lowest BCUT2D eigenvalue weighted by Gasteiger charge is -2.20. The van der Waals surface area contributed by atoms with Crippen LogP contribution in [0.3, 0.4) is 0 Å². The summed E-state index contributed by atoms with van der Waals surface area (Å²) in [5.74, 6) is 1.03. The van der Waals surface area contributed by atoms with E-state index in [1.165, 1.54) is 39.1 Å². The molecule has 0 radical (unpaired) electrons. The largest absolute Gasteiger partial charge is 0.429 e. The summed E-state index contributed by atoms with van der Waals surface area (Å²) in [4.78, 5) is 0. The first-order chi connectivity index (χ1) is 11.2. The Labute approximate surface area is 145 Å². The molecule has 0 amide bonds. The minimum Gasteiger partial charge on any atom is -0.429 e. The van der Waals surface area contributed by atoms with Crippen molar-refractivity contribution >= 4 is 11.9 Å². The molecule has 1 heterocycles. The van der Waals surface area contributed by atoms with Crippen LogP contribution in [0.5, 0.6) is 5.75 Å². The molecule has 0 bridgehead atoms. The topological polar surface area (TPSA) is 12.2 Å². The summed E-state index contributed by atoms with van der Waals surface area (Å²) in [7, 11) is 0. The van der Waals surface area contributed by atoms with Gasteiger partial charge in [-0.05, 0) is 49.8 Å². The lowest BCUT2D eigenvalue weighted by atomic mass is 9.85. The third-order valence-electron chi connectivity index (χ3n) is 4.70. The maximum Gasteiger partial charge on any atom is 0.293 e. The fraction of sp³-hybridized carbons (Fsp3) is 0.409. The van der Waals surface area contributed by atoms with E-state index in [0.717, 1.165) is 5.75 Å². The van der Waals surface area contributed by atoms with E-state index in [0.29, 0.717) is 6.73 Å². The number of hydrogen-bond acceptors (Lipinski definition) is 1. The summed E-state index contributed by atoms with van der Waals surface area (Å²) in [6.45, 7) is 16.0. The predicted octanol–water partition coefficient (Wildman–Crippen LogP) is 5.33. The van der Waals surface area contributed by atoms with E-state index in [1.54, 1.807) is 0 Å². The van der Waals surface area contributed by atoms with Gasteiger partial charge in [0.25, 0.3) is 12.4 Å². The third kappa shape index (κ3) is 2.98. The zero-order chi connectivity index (χ0) is 17.6. The Bertz CT molecular complexity index is 815. The van der Waals surface area contributed by atoms with E-state index in [1.807, 2.05) is 0 Å². The highest BCUT2D eigenvalue weighted by molar-refractivity contribution is 5.82. The van der Waals surface area contributed by atoms with Crippen LogP contribution in [0.2, 0.25) is 0 Å². The fourth-order valence-corrected chi connectivity index (χ4v) is 3.54. The number of ether oxygens (including phenoxy) is 1. The van der Waals surface area contributed by atoms with E-state index >= 15 is 0 Å². The highest BCUT2D eigenvalue weighted by Crippen LogP contribution is 2.42. The average Bonchev–Trinajstić information content (AvgIpc) is 2.83. The van der Waals surface area contributed by atoms with Crippen LogP contribution in [0.1, 0.15) is 54.2 Å². The molecule has 2 heteroatoms. The molecule has 0 aromatic heterocycles. The molecule has 126 valence electrons. The van der Waals surface area contributed by atoms with Crippen LogP contribution in [0.4, 0.5) is 5.69 Å². The first kappa shape index (κ1) is 16.8. The van der Waals surface area contributed by atoms with Crippen molar-refractivity contribution in [2.45, 2.75) is 53.9 Å². The lowest BCUT2D eigenvalue weighted by molar-refractivity contribution is -0.452. The summed E-state index contributed by atoms with van der Waals surface area (Å²) in [5, 5.41) is 0. The molecule has 24 heavy (non-hydrogen) atoms. The Morgan fingerprint density at radius 1 is 0.917 bits per heavy atom. The fourth-order valence-electron chi connectivity index (χ4n) is 3.54. The molecule has 1 aliphatic rings. The quantitative estimate of drug-likeness (QED) is 0.646. The minimum atomic E-state index is 0.0712. The normalized spacial score (nSPS) is 15.5. The molecule has 0 spiro atoms. The van der Waals surface area contributed by atoms with Crippen molar-refractivity contribution in [3.63, 3.8) is 0 Å². The van der Waals surface area contributed by atoms with Gasteiger partial charge in [0.15, 0.2) is 6.21 Å². The second kappa shape index (κ2) is 5.77. The predicted molar refractivity (Wildman–Crippen MR) is 101 cm³/mol. The molecule has 2 nitrogen and oxygen atoms in total. The van der Waals surface area contributed by atoms with E-state index in [2.05, 4.69) is 83.5 Å². The van der Waals surface area contributed by atoms with Gasteiger partial charge in [-0.2, -0.15) is 4.58 Å². The number of benzene rings is 2. The van der Waals surface area contributed by atoms with Crippen LogP contribution in [-0.4, -0.2) is 17.5 Å². The molecule has 0 unspecified atom stereocenters. The standard InChI is InChI=1S/C22H28NO/c1-14-8-16(3)18(17(4)9-14)12-23-13-24-21-19(22(5,6)7)10-15(2)11-20(21)23/h8-12H,13H2,1-7H3/q+1/b23-12-. The summed E-state index contributed by atoms with van der Waals surface area (Å²) >= 11 is 0. The molecule has 1 aliphatic heterocycles. The van der Waals surface area contributed by atoms with Crippen LogP contribution >= 0.6 is 0 Å². The van der Waals surface area contributed by atoms with E-state index < -0.39 is 0 Å². The Kier molecular flexibility index (Phi) is 4.03. The number of aryl methyl sites for hydroxylation is 4. The SMILES string of the molecule is Cc1cc(C)c(/C=[N+]2/COc3c2cc(C)cc3C(C)(C)C)c(C)c1. The van der Waals surface area contributed by atoms with Gasteiger partial charge in [0.1, 0.15) is 0 Å². The van der Waals surface area contributed by atoms with Crippen molar-refractivity contribution in [3.8, 4) is 5.75 Å². The Morgan fingerprint density at radius 2 is 1.50 bits per heavy atom. The molecule has 2 aromatic carbocycles. The van der Waals surface area contributed by atoms with E-state index in [9.17, 15) is 0 Å². The summed E-state index contributed by atoms with van der Waals surface area (Å²) in [6.07, 6.45) is 2.24. The van der Waals surface area contributed by atoms with Gasteiger partial charge in [-0.3, -0.25) is 0 Å². The van der Waals surface area contributed by atoms with Crippen molar-refractivity contribution in [1.29, 1.82) is 0 Å².